The maximum Gasteiger partial charge on any atom is 0.339 e. The second-order valence-corrected chi connectivity index (χ2v) is 9.25. The lowest BCUT2D eigenvalue weighted by Crippen LogP contribution is -2.40. The Kier molecular flexibility index (Phi) is 3.97. The van der Waals surface area contributed by atoms with Crippen LogP contribution in [0.4, 0.5) is 0 Å². The normalized spacial score (nSPS) is 22.5. The number of imidazole rings is 1. The number of likely N-dealkylation sites (tertiary alicyclic amines) is 1. The number of hydrogen-bond acceptors (Lipinski definition) is 5. The summed E-state index contributed by atoms with van der Waals surface area (Å²) < 4.78 is 8.33. The summed E-state index contributed by atoms with van der Waals surface area (Å²) in [5, 5.41) is 10.1. The Morgan fingerprint density at radius 2 is 1.76 bits per heavy atom. The molecule has 3 heterocycles. The summed E-state index contributed by atoms with van der Waals surface area (Å²) in [6.45, 7) is 0.898. The fraction of sp³-hybridized carbons (Fsp3) is 0.320. The molecule has 1 spiro atoms. The Bertz CT molecular complexity index is 1370. The van der Waals surface area contributed by atoms with Crippen molar-refractivity contribution in [3.05, 3.63) is 81.9 Å². The molecule has 168 valence electrons. The quantitative estimate of drug-likeness (QED) is 0.624. The van der Waals surface area contributed by atoms with Crippen LogP contribution >= 0.6 is 0 Å². The molecule has 2 fully saturated rings. The van der Waals surface area contributed by atoms with Gasteiger partial charge in [-0.2, -0.15) is 0 Å². The number of ether oxygens (including phenoxy) is 1. The Morgan fingerprint density at radius 1 is 1.03 bits per heavy atom. The van der Waals surface area contributed by atoms with E-state index in [0.29, 0.717) is 30.8 Å². The van der Waals surface area contributed by atoms with Crippen LogP contribution in [-0.2, 0) is 27.6 Å². The van der Waals surface area contributed by atoms with Crippen LogP contribution in [0.3, 0.4) is 0 Å². The molecule has 6 rings (SSSR count). The predicted octanol–water partition coefficient (Wildman–Crippen LogP) is 2.21. The summed E-state index contributed by atoms with van der Waals surface area (Å²) in [5.41, 5.74) is 1.21. The van der Waals surface area contributed by atoms with Gasteiger partial charge in [0.1, 0.15) is 0 Å². The van der Waals surface area contributed by atoms with Gasteiger partial charge < -0.3 is 14.7 Å². The molecule has 1 atom stereocenters. The van der Waals surface area contributed by atoms with Crippen LogP contribution in [0.15, 0.2) is 59.5 Å². The van der Waals surface area contributed by atoms with E-state index in [4.69, 9.17) is 4.74 Å². The van der Waals surface area contributed by atoms with Crippen molar-refractivity contribution in [3.8, 4) is 11.6 Å². The topological polar surface area (TPSA) is 93.8 Å². The van der Waals surface area contributed by atoms with Crippen molar-refractivity contribution in [2.75, 3.05) is 13.1 Å². The summed E-state index contributed by atoms with van der Waals surface area (Å²) in [6.07, 6.45) is 3.45. The van der Waals surface area contributed by atoms with E-state index in [9.17, 15) is 19.5 Å². The van der Waals surface area contributed by atoms with E-state index >= 15 is 0 Å². The molecule has 1 aliphatic carbocycles. The highest BCUT2D eigenvalue weighted by atomic mass is 16.6. The highest BCUT2D eigenvalue weighted by Crippen LogP contribution is 2.52. The van der Waals surface area contributed by atoms with Crippen molar-refractivity contribution in [1.82, 2.24) is 14.0 Å². The van der Waals surface area contributed by atoms with Crippen molar-refractivity contribution < 1.29 is 19.4 Å². The minimum Gasteiger partial charge on any atom is -0.493 e. The maximum absolute atomic E-state index is 13.6. The van der Waals surface area contributed by atoms with E-state index in [-0.39, 0.29) is 23.4 Å². The number of hydrogen-bond donors (Lipinski definition) is 1. The molecule has 1 N–H and O–H groups in total. The highest BCUT2D eigenvalue weighted by Gasteiger charge is 2.57. The number of amides is 1. The molecule has 8 nitrogen and oxygen atoms in total. The SMILES string of the molecule is Cn1cc(O)n(-c2ccc(C3(C(=O)N4CC[C@@]5(C4)OC(=O)c4ccccc45)CC3)cc2)c1=O. The molecular formula is C25H23N3O5. The zero-order chi connectivity index (χ0) is 23.0. The number of fused-ring (bicyclic) bond motifs is 2. The molecule has 2 aromatic carbocycles. The third kappa shape index (κ3) is 2.73. The van der Waals surface area contributed by atoms with E-state index in [0.717, 1.165) is 24.0 Å². The first-order valence-corrected chi connectivity index (χ1v) is 11.1. The van der Waals surface area contributed by atoms with Crippen LogP contribution in [0.25, 0.3) is 5.69 Å². The summed E-state index contributed by atoms with van der Waals surface area (Å²) >= 11 is 0. The Hall–Kier alpha value is -3.81. The minimum atomic E-state index is -0.755. The van der Waals surface area contributed by atoms with Gasteiger partial charge in [-0.05, 0) is 36.6 Å². The van der Waals surface area contributed by atoms with Crippen molar-refractivity contribution >= 4 is 11.9 Å². The van der Waals surface area contributed by atoms with Gasteiger partial charge in [0, 0.05) is 25.6 Å². The monoisotopic (exact) mass is 445 g/mol. The van der Waals surface area contributed by atoms with Crippen LogP contribution in [0, 0.1) is 0 Å². The van der Waals surface area contributed by atoms with Gasteiger partial charge in [0.2, 0.25) is 11.8 Å². The van der Waals surface area contributed by atoms with E-state index in [1.807, 2.05) is 35.2 Å². The van der Waals surface area contributed by atoms with Crippen LogP contribution in [0.5, 0.6) is 5.88 Å². The standard InChI is InChI=1S/C25H23N3O5/c1-26-14-20(29)28(23(26)32)17-8-6-16(7-9-17)24(10-11-24)22(31)27-13-12-25(15-27)19-5-3-2-4-18(19)21(30)33-25/h2-9,14,29H,10-13,15H2,1H3/t25-/m0/s1. The van der Waals surface area contributed by atoms with Gasteiger partial charge in [-0.1, -0.05) is 30.3 Å². The second kappa shape index (κ2) is 6.60. The number of aromatic hydroxyl groups is 1. The predicted molar refractivity (Wildman–Crippen MR) is 118 cm³/mol. The molecule has 8 heteroatoms. The molecule has 0 bridgehead atoms. The van der Waals surface area contributed by atoms with Gasteiger partial charge in [0.15, 0.2) is 5.60 Å². The van der Waals surface area contributed by atoms with Gasteiger partial charge >= 0.3 is 11.7 Å². The molecule has 0 unspecified atom stereocenters. The third-order valence-corrected chi connectivity index (χ3v) is 7.31. The van der Waals surface area contributed by atoms with Gasteiger partial charge in [-0.25, -0.2) is 14.2 Å². The van der Waals surface area contributed by atoms with E-state index in [1.54, 1.807) is 25.2 Å². The molecular weight excluding hydrogens is 422 g/mol. The van der Waals surface area contributed by atoms with Crippen LogP contribution in [0.1, 0.15) is 40.7 Å². The fourth-order valence-electron chi connectivity index (χ4n) is 5.37. The Balaban J connectivity index is 1.26. The average Bonchev–Trinajstić information content (AvgIpc) is 3.36. The molecule has 0 radical (unpaired) electrons. The molecule has 1 amide bonds. The lowest BCUT2D eigenvalue weighted by Gasteiger charge is -2.27. The zero-order valence-corrected chi connectivity index (χ0v) is 18.2. The van der Waals surface area contributed by atoms with Crippen LogP contribution < -0.4 is 5.69 Å². The number of rotatable bonds is 3. The second-order valence-electron chi connectivity index (χ2n) is 9.25. The lowest BCUT2D eigenvalue weighted by atomic mass is 9.91. The molecule has 1 saturated carbocycles. The van der Waals surface area contributed by atoms with Crippen molar-refractivity contribution in [1.29, 1.82) is 0 Å². The Labute approximate surface area is 189 Å². The molecule has 1 aromatic heterocycles. The minimum absolute atomic E-state index is 0.0484. The first-order chi connectivity index (χ1) is 15.8. The summed E-state index contributed by atoms with van der Waals surface area (Å²) in [5.74, 6) is -0.412. The summed E-state index contributed by atoms with van der Waals surface area (Å²) in [7, 11) is 1.58. The van der Waals surface area contributed by atoms with Crippen molar-refractivity contribution in [2.24, 2.45) is 7.05 Å². The van der Waals surface area contributed by atoms with Crippen LogP contribution in [0.2, 0.25) is 0 Å². The number of benzene rings is 2. The highest BCUT2D eigenvalue weighted by molar-refractivity contribution is 5.96. The van der Waals surface area contributed by atoms with Gasteiger partial charge in [-0.3, -0.25) is 9.36 Å². The first-order valence-electron chi connectivity index (χ1n) is 11.1. The van der Waals surface area contributed by atoms with Gasteiger partial charge in [-0.15, -0.1) is 0 Å². The van der Waals surface area contributed by atoms with Gasteiger partial charge in [0.25, 0.3) is 0 Å². The number of aryl methyl sites for hydroxylation is 1. The number of esters is 1. The fourth-order valence-corrected chi connectivity index (χ4v) is 5.37. The molecule has 33 heavy (non-hydrogen) atoms. The largest absolute Gasteiger partial charge is 0.493 e. The van der Waals surface area contributed by atoms with E-state index < -0.39 is 11.0 Å². The average molecular weight is 445 g/mol. The van der Waals surface area contributed by atoms with Gasteiger partial charge in [0.05, 0.1) is 29.4 Å². The van der Waals surface area contributed by atoms with Crippen molar-refractivity contribution in [3.63, 3.8) is 0 Å². The smallest absolute Gasteiger partial charge is 0.339 e. The molecule has 3 aromatic rings. The molecule has 2 aliphatic heterocycles. The van der Waals surface area contributed by atoms with Crippen LogP contribution in [-0.4, -0.2) is 44.1 Å². The maximum atomic E-state index is 13.6. The van der Waals surface area contributed by atoms with E-state index in [1.165, 1.54) is 15.3 Å². The number of nitrogens with zero attached hydrogens (tertiary/aromatic N) is 3. The summed E-state index contributed by atoms with van der Waals surface area (Å²) in [6, 6.07) is 14.6. The lowest BCUT2D eigenvalue weighted by molar-refractivity contribution is -0.134. The number of carbonyl (C=O) groups is 2. The molecule has 3 aliphatic rings. The zero-order valence-electron chi connectivity index (χ0n) is 18.2. The van der Waals surface area contributed by atoms with Crippen molar-refractivity contribution in [2.45, 2.75) is 30.3 Å². The number of aromatic nitrogens is 2. The third-order valence-electron chi connectivity index (χ3n) is 7.31. The summed E-state index contributed by atoms with van der Waals surface area (Å²) in [4.78, 5) is 40.1. The Morgan fingerprint density at radius 3 is 2.42 bits per heavy atom. The molecule has 1 saturated heterocycles. The van der Waals surface area contributed by atoms with E-state index in [2.05, 4.69) is 0 Å². The first kappa shape index (κ1) is 19.8. The number of carbonyl (C=O) groups excluding carboxylic acids is 2.